The molecular weight excluding hydrogens is 634 g/mol. The Kier molecular flexibility index (Phi) is 11.0. The second kappa shape index (κ2) is 13.2. The van der Waals surface area contributed by atoms with Gasteiger partial charge in [0.15, 0.2) is 0 Å². The first-order valence-electron chi connectivity index (χ1n) is 11.2. The van der Waals surface area contributed by atoms with Gasteiger partial charge in [0.05, 0.1) is 0 Å². The molecule has 6 rings (SSSR count). The van der Waals surface area contributed by atoms with Crippen molar-refractivity contribution in [3.63, 3.8) is 0 Å². The van der Waals surface area contributed by atoms with Gasteiger partial charge < -0.3 is 24.8 Å². The number of hydrogen-bond donors (Lipinski definition) is 0. The van der Waals surface area contributed by atoms with E-state index >= 15 is 0 Å². The summed E-state index contributed by atoms with van der Waals surface area (Å²) < 4.78 is 0. The van der Waals surface area contributed by atoms with Gasteiger partial charge in [-0.2, -0.15) is 0 Å². The third-order valence-corrected chi connectivity index (χ3v) is 6.17. The molecule has 2 aliphatic rings. The van der Waals surface area contributed by atoms with Gasteiger partial charge in [-0.25, -0.2) is 23.3 Å². The van der Waals surface area contributed by atoms with Gasteiger partial charge >= 0.3 is 25.8 Å². The van der Waals surface area contributed by atoms with Crippen LogP contribution in [0.1, 0.15) is 37.8 Å². The van der Waals surface area contributed by atoms with Crippen molar-refractivity contribution in [3.05, 3.63) is 132 Å². The molecule has 0 heterocycles. The van der Waals surface area contributed by atoms with E-state index in [9.17, 15) is 0 Å². The molecular formula is C32H26Cl2Hf. The van der Waals surface area contributed by atoms with Crippen LogP contribution in [0.3, 0.4) is 0 Å². The Hall–Kier alpha value is -2.19. The molecule has 2 aliphatic carbocycles. The van der Waals surface area contributed by atoms with Crippen molar-refractivity contribution in [1.29, 1.82) is 0 Å². The fraction of sp³-hybridized carbons (Fsp3) is 0.125. The van der Waals surface area contributed by atoms with Crippen molar-refractivity contribution >= 4 is 32.7 Å². The first-order valence-corrected chi connectivity index (χ1v) is 11.2. The van der Waals surface area contributed by atoms with Crippen molar-refractivity contribution in [2.75, 3.05) is 0 Å². The Bertz CT molecular complexity index is 1320. The molecule has 0 radical (unpaired) electrons. The summed E-state index contributed by atoms with van der Waals surface area (Å²) in [7, 11) is 0. The van der Waals surface area contributed by atoms with Crippen molar-refractivity contribution < 1.29 is 50.7 Å². The average Bonchev–Trinajstić information content (AvgIpc) is 3.47. The van der Waals surface area contributed by atoms with Crippen LogP contribution in [0.4, 0.5) is 0 Å². The molecule has 35 heavy (non-hydrogen) atoms. The van der Waals surface area contributed by atoms with Crippen LogP contribution in [0.5, 0.6) is 0 Å². The van der Waals surface area contributed by atoms with E-state index in [0.29, 0.717) is 0 Å². The van der Waals surface area contributed by atoms with Gasteiger partial charge in [-0.3, -0.25) is 12.2 Å². The summed E-state index contributed by atoms with van der Waals surface area (Å²) in [6.07, 6.45) is 13.1. The van der Waals surface area contributed by atoms with E-state index in [-0.39, 0.29) is 50.7 Å². The topological polar surface area (TPSA) is 0 Å². The number of halogens is 2. The van der Waals surface area contributed by atoms with E-state index in [2.05, 4.69) is 123 Å². The summed E-state index contributed by atoms with van der Waals surface area (Å²) in [4.78, 5) is 0. The molecule has 4 aromatic rings. The van der Waals surface area contributed by atoms with Gasteiger partial charge in [-0.15, -0.1) is 24.0 Å². The zero-order valence-electron chi connectivity index (χ0n) is 19.9. The molecule has 172 valence electrons. The van der Waals surface area contributed by atoms with E-state index < -0.39 is 0 Å². The molecule has 0 amide bonds. The Balaban J connectivity index is 0.000000227. The maximum Gasteiger partial charge on any atom is 4.00 e. The molecule has 0 unspecified atom stereocenters. The van der Waals surface area contributed by atoms with Crippen molar-refractivity contribution in [1.82, 2.24) is 0 Å². The number of allylic oxidation sites excluding steroid dienone is 8. The third kappa shape index (κ3) is 6.53. The van der Waals surface area contributed by atoms with Crippen LogP contribution in [0.2, 0.25) is 0 Å². The summed E-state index contributed by atoms with van der Waals surface area (Å²) in [5.41, 5.74) is 7.97. The van der Waals surface area contributed by atoms with Crippen molar-refractivity contribution in [2.45, 2.75) is 26.7 Å². The first kappa shape index (κ1) is 29.0. The average molecular weight is 660 g/mol. The minimum atomic E-state index is 0. The van der Waals surface area contributed by atoms with Crippen LogP contribution in [-0.4, -0.2) is 0 Å². The minimum absolute atomic E-state index is 0. The van der Waals surface area contributed by atoms with E-state index in [4.69, 9.17) is 0 Å². The summed E-state index contributed by atoms with van der Waals surface area (Å²) in [6, 6.07) is 30.1. The second-order valence-corrected chi connectivity index (χ2v) is 8.47. The van der Waals surface area contributed by atoms with Crippen LogP contribution in [0, 0.1) is 12.2 Å². The van der Waals surface area contributed by atoms with Gasteiger partial charge in [0, 0.05) is 0 Å². The summed E-state index contributed by atoms with van der Waals surface area (Å²) in [5, 5.41) is 5.30. The SMILES string of the molecule is CC1=[C-]CC(c2cccc3ccccc23)=C1.CC1=[C-]CC(c2cccc3ccccc23)=C1.[Cl-].[Cl-].[Hf+4]. The normalized spacial score (nSPS) is 13.8. The van der Waals surface area contributed by atoms with Gasteiger partial charge in [-0.1, -0.05) is 98.8 Å². The zero-order valence-corrected chi connectivity index (χ0v) is 25.0. The Morgan fingerprint density at radius 3 is 1.26 bits per heavy atom. The van der Waals surface area contributed by atoms with Gasteiger partial charge in [0.1, 0.15) is 0 Å². The van der Waals surface area contributed by atoms with E-state index in [0.717, 1.165) is 12.8 Å². The Labute approximate surface area is 240 Å². The zero-order chi connectivity index (χ0) is 21.9. The van der Waals surface area contributed by atoms with Gasteiger partial charge in [-0.05, 0) is 32.7 Å². The molecule has 0 atom stereocenters. The number of fused-ring (bicyclic) bond motifs is 2. The molecule has 0 aromatic heterocycles. The number of rotatable bonds is 2. The number of hydrogen-bond acceptors (Lipinski definition) is 0. The fourth-order valence-electron chi connectivity index (χ4n) is 4.55. The predicted octanol–water partition coefficient (Wildman–Crippen LogP) is 2.76. The molecule has 0 saturated heterocycles. The summed E-state index contributed by atoms with van der Waals surface area (Å²) in [6.45, 7) is 4.22. The van der Waals surface area contributed by atoms with Crippen molar-refractivity contribution in [2.24, 2.45) is 0 Å². The molecule has 0 N–H and O–H groups in total. The first-order chi connectivity index (χ1) is 15.7. The van der Waals surface area contributed by atoms with Crippen LogP contribution >= 0.6 is 0 Å². The summed E-state index contributed by atoms with van der Waals surface area (Å²) in [5.74, 6) is 0. The van der Waals surface area contributed by atoms with E-state index in [1.165, 1.54) is 55.0 Å². The van der Waals surface area contributed by atoms with Gasteiger partial charge in [0.2, 0.25) is 0 Å². The molecule has 0 bridgehead atoms. The van der Waals surface area contributed by atoms with Gasteiger partial charge in [0.25, 0.3) is 0 Å². The quantitative estimate of drug-likeness (QED) is 0.230. The van der Waals surface area contributed by atoms with E-state index in [1.54, 1.807) is 0 Å². The maximum atomic E-state index is 3.36. The molecule has 0 spiro atoms. The largest absolute Gasteiger partial charge is 4.00 e. The van der Waals surface area contributed by atoms with Crippen LogP contribution in [-0.2, 0) is 25.8 Å². The fourth-order valence-corrected chi connectivity index (χ4v) is 4.55. The smallest absolute Gasteiger partial charge is 1.00 e. The third-order valence-electron chi connectivity index (χ3n) is 6.17. The molecule has 0 aliphatic heterocycles. The maximum absolute atomic E-state index is 3.36. The molecule has 3 heteroatoms. The number of benzene rings is 4. The summed E-state index contributed by atoms with van der Waals surface area (Å²) >= 11 is 0. The molecule has 0 nitrogen and oxygen atoms in total. The molecule has 4 aromatic carbocycles. The van der Waals surface area contributed by atoms with E-state index in [1.807, 2.05) is 0 Å². The van der Waals surface area contributed by atoms with Crippen LogP contribution in [0.15, 0.2) is 108 Å². The standard InChI is InChI=1S/2C16H13.2ClH.Hf/c2*1-12-9-10-14(11-12)16-8-4-6-13-5-2-3-7-15(13)16;;;/h2*2-8,11H,10H2,1H3;2*1H;/q2*-1;;;+4/p-2. The molecule has 0 fully saturated rings. The predicted molar refractivity (Wildman–Crippen MR) is 138 cm³/mol. The minimum Gasteiger partial charge on any atom is -1.00 e. The Morgan fingerprint density at radius 1 is 0.514 bits per heavy atom. The Morgan fingerprint density at radius 2 is 0.886 bits per heavy atom. The van der Waals surface area contributed by atoms with Crippen LogP contribution < -0.4 is 24.8 Å². The van der Waals surface area contributed by atoms with Crippen molar-refractivity contribution in [3.8, 4) is 0 Å². The monoisotopic (exact) mass is 660 g/mol. The molecule has 0 saturated carbocycles. The second-order valence-electron chi connectivity index (χ2n) is 8.47. The van der Waals surface area contributed by atoms with Crippen LogP contribution in [0.25, 0.3) is 32.7 Å².